The number of hydrogen-bond acceptors (Lipinski definition) is 3. The molecular formula is C20H20F2N4O. The average Bonchev–Trinajstić information content (AvgIpc) is 3.17. The summed E-state index contributed by atoms with van der Waals surface area (Å²) in [6.07, 6.45) is 4.85. The molecule has 0 radical (unpaired) electrons. The number of benzene rings is 1. The Morgan fingerprint density at radius 1 is 1.26 bits per heavy atom. The van der Waals surface area contributed by atoms with Gasteiger partial charge in [0.2, 0.25) is 0 Å². The number of H-pyrrole nitrogens is 1. The predicted molar refractivity (Wildman–Crippen MR) is 98.7 cm³/mol. The van der Waals surface area contributed by atoms with Crippen LogP contribution in [-0.4, -0.2) is 20.9 Å². The fraction of sp³-hybridized carbons (Fsp3) is 0.250. The number of hydrogen-bond donors (Lipinski definition) is 2. The van der Waals surface area contributed by atoms with E-state index in [4.69, 9.17) is 0 Å². The number of halogens is 2. The van der Waals surface area contributed by atoms with E-state index in [0.717, 1.165) is 29.6 Å². The summed E-state index contributed by atoms with van der Waals surface area (Å²) >= 11 is 0. The third-order valence-corrected chi connectivity index (χ3v) is 4.50. The second-order valence-electron chi connectivity index (χ2n) is 6.23. The number of rotatable bonds is 6. The Kier molecular flexibility index (Phi) is 5.30. The summed E-state index contributed by atoms with van der Waals surface area (Å²) in [5, 5.41) is 2.27. The third kappa shape index (κ3) is 3.86. The third-order valence-electron chi connectivity index (χ3n) is 4.50. The number of amides is 1. The van der Waals surface area contributed by atoms with E-state index in [1.54, 1.807) is 18.5 Å². The molecule has 0 spiro atoms. The quantitative estimate of drug-likeness (QED) is 0.681. The Bertz CT molecular complexity index is 907. The van der Waals surface area contributed by atoms with Gasteiger partial charge in [-0.1, -0.05) is 26.0 Å². The number of anilines is 1. The standard InChI is InChI=1S/C20H20F2N4O/c1-3-17-18(25-12-24-17)13(2)14-6-8-16(9-7-14)26-19(27)20(21,22)15-5-4-10-23-11-15/h4-13H,3H2,1-2H3,(H,24,25)(H,26,27)/t13-/m0/s1. The number of aromatic amines is 1. The van der Waals surface area contributed by atoms with Crippen LogP contribution in [0.4, 0.5) is 14.5 Å². The van der Waals surface area contributed by atoms with E-state index >= 15 is 0 Å². The number of carbonyl (C=O) groups excluding carboxylic acids is 1. The predicted octanol–water partition coefficient (Wildman–Crippen LogP) is 4.25. The Morgan fingerprint density at radius 3 is 2.63 bits per heavy atom. The molecule has 3 aromatic rings. The fourth-order valence-electron chi connectivity index (χ4n) is 2.90. The van der Waals surface area contributed by atoms with E-state index in [9.17, 15) is 13.6 Å². The smallest absolute Gasteiger partial charge is 0.348 e. The number of carbonyl (C=O) groups is 1. The number of pyridine rings is 1. The summed E-state index contributed by atoms with van der Waals surface area (Å²) in [4.78, 5) is 23.1. The van der Waals surface area contributed by atoms with Crippen molar-refractivity contribution in [3.05, 3.63) is 77.6 Å². The first-order chi connectivity index (χ1) is 12.9. The lowest BCUT2D eigenvalue weighted by Gasteiger charge is -2.17. The fourth-order valence-corrected chi connectivity index (χ4v) is 2.90. The Hall–Kier alpha value is -3.09. The lowest BCUT2D eigenvalue weighted by atomic mass is 9.95. The van der Waals surface area contributed by atoms with Crippen molar-refractivity contribution < 1.29 is 13.6 Å². The lowest BCUT2D eigenvalue weighted by Crippen LogP contribution is -2.32. The number of alkyl halides is 2. The van der Waals surface area contributed by atoms with E-state index < -0.39 is 17.4 Å². The highest BCUT2D eigenvalue weighted by Gasteiger charge is 2.41. The van der Waals surface area contributed by atoms with Gasteiger partial charge in [-0.05, 0) is 36.2 Å². The maximum Gasteiger partial charge on any atom is 0.351 e. The van der Waals surface area contributed by atoms with E-state index in [1.165, 1.54) is 18.3 Å². The molecule has 0 bridgehead atoms. The van der Waals surface area contributed by atoms with E-state index in [2.05, 4.69) is 20.3 Å². The molecule has 1 atom stereocenters. The van der Waals surface area contributed by atoms with E-state index in [1.807, 2.05) is 26.0 Å². The molecule has 2 N–H and O–H groups in total. The van der Waals surface area contributed by atoms with E-state index in [0.29, 0.717) is 5.69 Å². The summed E-state index contributed by atoms with van der Waals surface area (Å²) < 4.78 is 28.5. The van der Waals surface area contributed by atoms with Gasteiger partial charge in [0.05, 0.1) is 12.0 Å². The minimum absolute atomic E-state index is 0.0732. The Balaban J connectivity index is 1.73. The minimum Gasteiger partial charge on any atom is -0.348 e. The van der Waals surface area contributed by atoms with Crippen LogP contribution >= 0.6 is 0 Å². The van der Waals surface area contributed by atoms with Crippen LogP contribution < -0.4 is 5.32 Å². The molecule has 140 valence electrons. The van der Waals surface area contributed by atoms with Crippen LogP contribution in [0.5, 0.6) is 0 Å². The molecule has 0 aliphatic rings. The van der Waals surface area contributed by atoms with Crippen molar-refractivity contribution in [3.63, 3.8) is 0 Å². The first-order valence-electron chi connectivity index (χ1n) is 8.65. The SMILES string of the molecule is CCc1nc[nH]c1[C@@H](C)c1ccc(NC(=O)C(F)(F)c2cccnc2)cc1. The van der Waals surface area contributed by atoms with Crippen LogP contribution in [0.3, 0.4) is 0 Å². The summed E-state index contributed by atoms with van der Waals surface area (Å²) in [6, 6.07) is 9.39. The van der Waals surface area contributed by atoms with Crippen LogP contribution in [0.2, 0.25) is 0 Å². The zero-order chi connectivity index (χ0) is 19.4. The summed E-state index contributed by atoms with van der Waals surface area (Å²) in [5.74, 6) is -4.98. The Labute approximate surface area is 155 Å². The Morgan fingerprint density at radius 2 is 2.00 bits per heavy atom. The first kappa shape index (κ1) is 18.7. The van der Waals surface area contributed by atoms with Crippen LogP contribution in [0.15, 0.2) is 55.1 Å². The highest BCUT2D eigenvalue weighted by molar-refractivity contribution is 5.96. The van der Waals surface area contributed by atoms with Gasteiger partial charge in [0.25, 0.3) is 5.91 Å². The summed E-state index contributed by atoms with van der Waals surface area (Å²) in [7, 11) is 0. The molecule has 3 rings (SSSR count). The van der Waals surface area contributed by atoms with Gasteiger partial charge in [-0.15, -0.1) is 0 Å². The molecule has 5 nitrogen and oxygen atoms in total. The molecule has 2 aromatic heterocycles. The monoisotopic (exact) mass is 370 g/mol. The molecule has 2 heterocycles. The average molecular weight is 370 g/mol. The number of aromatic nitrogens is 3. The van der Waals surface area contributed by atoms with Gasteiger partial charge in [0, 0.05) is 35.3 Å². The van der Waals surface area contributed by atoms with Crippen molar-refractivity contribution >= 4 is 11.6 Å². The summed E-state index contributed by atoms with van der Waals surface area (Å²) in [6.45, 7) is 4.07. The molecule has 0 aliphatic carbocycles. The highest BCUT2D eigenvalue weighted by atomic mass is 19.3. The normalized spacial score (nSPS) is 12.6. The molecule has 1 aromatic carbocycles. The van der Waals surface area contributed by atoms with Gasteiger partial charge in [0.15, 0.2) is 0 Å². The molecule has 1 amide bonds. The molecule has 27 heavy (non-hydrogen) atoms. The van der Waals surface area contributed by atoms with Gasteiger partial charge in [-0.2, -0.15) is 8.78 Å². The van der Waals surface area contributed by atoms with Crippen molar-refractivity contribution in [3.8, 4) is 0 Å². The van der Waals surface area contributed by atoms with E-state index in [-0.39, 0.29) is 5.92 Å². The molecular weight excluding hydrogens is 350 g/mol. The van der Waals surface area contributed by atoms with Gasteiger partial charge in [-0.25, -0.2) is 4.98 Å². The number of aryl methyl sites for hydroxylation is 1. The zero-order valence-electron chi connectivity index (χ0n) is 15.0. The molecule has 0 aliphatic heterocycles. The van der Waals surface area contributed by atoms with Crippen molar-refractivity contribution in [2.24, 2.45) is 0 Å². The highest BCUT2D eigenvalue weighted by Crippen LogP contribution is 2.30. The second-order valence-corrected chi connectivity index (χ2v) is 6.23. The number of nitrogens with zero attached hydrogens (tertiary/aromatic N) is 2. The molecule has 7 heteroatoms. The van der Waals surface area contributed by atoms with Crippen LogP contribution in [-0.2, 0) is 17.1 Å². The van der Waals surface area contributed by atoms with Gasteiger partial charge in [0.1, 0.15) is 0 Å². The molecule has 0 saturated heterocycles. The summed E-state index contributed by atoms with van der Waals surface area (Å²) in [5.41, 5.74) is 2.87. The van der Waals surface area contributed by atoms with Gasteiger partial charge < -0.3 is 10.3 Å². The number of imidazole rings is 1. The second kappa shape index (κ2) is 7.65. The zero-order valence-corrected chi connectivity index (χ0v) is 15.0. The van der Waals surface area contributed by atoms with Crippen molar-refractivity contribution in [2.45, 2.75) is 32.1 Å². The lowest BCUT2D eigenvalue weighted by molar-refractivity contribution is -0.141. The van der Waals surface area contributed by atoms with Gasteiger partial charge in [-0.3, -0.25) is 9.78 Å². The number of nitrogens with one attached hydrogen (secondary N) is 2. The topological polar surface area (TPSA) is 70.7 Å². The molecule has 0 fully saturated rings. The maximum absolute atomic E-state index is 14.2. The maximum atomic E-state index is 14.2. The largest absolute Gasteiger partial charge is 0.351 e. The molecule has 0 unspecified atom stereocenters. The molecule has 0 saturated carbocycles. The first-order valence-corrected chi connectivity index (χ1v) is 8.65. The van der Waals surface area contributed by atoms with Crippen molar-refractivity contribution in [1.82, 2.24) is 15.0 Å². The van der Waals surface area contributed by atoms with Gasteiger partial charge >= 0.3 is 5.92 Å². The van der Waals surface area contributed by atoms with Crippen molar-refractivity contribution in [1.29, 1.82) is 0 Å². The van der Waals surface area contributed by atoms with Crippen LogP contribution in [0, 0.1) is 0 Å². The minimum atomic E-state index is -3.66. The van der Waals surface area contributed by atoms with Crippen LogP contribution in [0.1, 0.15) is 42.3 Å². The van der Waals surface area contributed by atoms with Crippen molar-refractivity contribution in [2.75, 3.05) is 5.32 Å². The van der Waals surface area contributed by atoms with Crippen LogP contribution in [0.25, 0.3) is 0 Å².